The van der Waals surface area contributed by atoms with Gasteiger partial charge in [0.25, 0.3) is 5.91 Å². The molecule has 0 spiro atoms. The Morgan fingerprint density at radius 2 is 2.04 bits per heavy atom. The van der Waals surface area contributed by atoms with Gasteiger partial charge in [-0.3, -0.25) is 4.79 Å². The fraction of sp³-hybridized carbons (Fsp3) is 0.421. The summed E-state index contributed by atoms with van der Waals surface area (Å²) in [6, 6.07) is 9.98. The highest BCUT2D eigenvalue weighted by molar-refractivity contribution is 5.93. The Labute approximate surface area is 144 Å². The molecule has 0 aliphatic heterocycles. The minimum absolute atomic E-state index is 0.153. The Bertz CT molecular complexity index is 685. The monoisotopic (exact) mass is 326 g/mol. The number of aryl methyl sites for hydroxylation is 1. The molecule has 0 fully saturated rings. The van der Waals surface area contributed by atoms with Crippen molar-refractivity contribution in [2.24, 2.45) is 5.92 Å². The maximum atomic E-state index is 12.3. The molecule has 1 aromatic carbocycles. The molecule has 0 saturated carbocycles. The predicted molar refractivity (Wildman–Crippen MR) is 97.7 cm³/mol. The van der Waals surface area contributed by atoms with Crippen LogP contribution in [0.4, 0.5) is 11.5 Å². The van der Waals surface area contributed by atoms with E-state index < -0.39 is 0 Å². The van der Waals surface area contributed by atoms with Crippen LogP contribution in [-0.4, -0.2) is 29.0 Å². The second-order valence-electron chi connectivity index (χ2n) is 6.28. The van der Waals surface area contributed by atoms with E-state index >= 15 is 0 Å². The van der Waals surface area contributed by atoms with Crippen LogP contribution in [0.15, 0.2) is 36.7 Å². The number of rotatable bonds is 7. The molecule has 5 heteroatoms. The predicted octanol–water partition coefficient (Wildman–Crippen LogP) is 3.72. The number of nitrogens with one attached hydrogen (secondary N) is 1. The minimum Gasteiger partial charge on any atom is -0.351 e. The van der Waals surface area contributed by atoms with Gasteiger partial charge in [-0.2, -0.15) is 0 Å². The fourth-order valence-electron chi connectivity index (χ4n) is 2.46. The second-order valence-corrected chi connectivity index (χ2v) is 6.28. The van der Waals surface area contributed by atoms with E-state index in [1.165, 1.54) is 11.9 Å². The first-order valence-electron chi connectivity index (χ1n) is 8.45. The molecule has 0 aliphatic carbocycles. The van der Waals surface area contributed by atoms with E-state index in [1.807, 2.05) is 12.1 Å². The summed E-state index contributed by atoms with van der Waals surface area (Å²) in [6.45, 7) is 9.81. The summed E-state index contributed by atoms with van der Waals surface area (Å²) in [6.07, 6.45) is 2.40. The van der Waals surface area contributed by atoms with Crippen LogP contribution in [0.3, 0.4) is 0 Å². The third-order valence-electron chi connectivity index (χ3n) is 3.80. The van der Waals surface area contributed by atoms with Crippen molar-refractivity contribution in [2.75, 3.05) is 18.0 Å². The molecule has 2 aromatic rings. The van der Waals surface area contributed by atoms with Gasteiger partial charge < -0.3 is 10.2 Å². The normalized spacial score (nSPS) is 10.7. The number of amides is 1. The summed E-state index contributed by atoms with van der Waals surface area (Å²) in [4.78, 5) is 22.8. The molecule has 0 bridgehead atoms. The molecule has 1 amide bonds. The number of hydrogen-bond donors (Lipinski definition) is 1. The van der Waals surface area contributed by atoms with Crippen LogP contribution in [-0.2, 0) is 0 Å². The van der Waals surface area contributed by atoms with Gasteiger partial charge in [0.05, 0.1) is 0 Å². The molecular formula is C19H26N4O. The van der Waals surface area contributed by atoms with E-state index in [4.69, 9.17) is 0 Å². The third-order valence-corrected chi connectivity index (χ3v) is 3.80. The van der Waals surface area contributed by atoms with Gasteiger partial charge in [0.1, 0.15) is 17.8 Å². The van der Waals surface area contributed by atoms with Crippen molar-refractivity contribution in [1.29, 1.82) is 0 Å². The maximum Gasteiger partial charge on any atom is 0.270 e. The van der Waals surface area contributed by atoms with Gasteiger partial charge in [0, 0.05) is 24.8 Å². The van der Waals surface area contributed by atoms with E-state index in [0.29, 0.717) is 18.2 Å². The Morgan fingerprint density at radius 3 is 2.71 bits per heavy atom. The number of carbonyl (C=O) groups excluding carboxylic acids is 1. The Hall–Kier alpha value is -2.43. The highest BCUT2D eigenvalue weighted by Crippen LogP contribution is 2.24. The van der Waals surface area contributed by atoms with Gasteiger partial charge in [0.2, 0.25) is 0 Å². The summed E-state index contributed by atoms with van der Waals surface area (Å²) >= 11 is 0. The van der Waals surface area contributed by atoms with Crippen molar-refractivity contribution >= 4 is 17.4 Å². The zero-order valence-electron chi connectivity index (χ0n) is 14.9. The largest absolute Gasteiger partial charge is 0.351 e. The number of nitrogens with zero attached hydrogens (tertiary/aromatic N) is 3. The smallest absolute Gasteiger partial charge is 0.270 e. The molecule has 0 unspecified atom stereocenters. The van der Waals surface area contributed by atoms with Gasteiger partial charge in [-0.15, -0.1) is 0 Å². The van der Waals surface area contributed by atoms with Crippen molar-refractivity contribution in [2.45, 2.75) is 34.1 Å². The SMILES string of the molecule is CCN(c1cccc(C)c1)c1cc(C(=O)NCCC(C)C)ncn1. The summed E-state index contributed by atoms with van der Waals surface area (Å²) in [7, 11) is 0. The maximum absolute atomic E-state index is 12.3. The Kier molecular flexibility index (Phi) is 6.29. The molecule has 0 radical (unpaired) electrons. The summed E-state index contributed by atoms with van der Waals surface area (Å²) < 4.78 is 0. The fourth-order valence-corrected chi connectivity index (χ4v) is 2.46. The van der Waals surface area contributed by atoms with Crippen LogP contribution in [0.1, 0.15) is 43.2 Å². The lowest BCUT2D eigenvalue weighted by atomic mass is 10.1. The molecule has 1 heterocycles. The lowest BCUT2D eigenvalue weighted by Crippen LogP contribution is -2.27. The molecule has 2 rings (SSSR count). The number of anilines is 2. The quantitative estimate of drug-likeness (QED) is 0.842. The molecule has 0 aliphatic rings. The van der Waals surface area contributed by atoms with E-state index in [9.17, 15) is 4.79 Å². The highest BCUT2D eigenvalue weighted by atomic mass is 16.1. The topological polar surface area (TPSA) is 58.1 Å². The van der Waals surface area contributed by atoms with Crippen molar-refractivity contribution in [3.05, 3.63) is 47.9 Å². The molecular weight excluding hydrogens is 300 g/mol. The van der Waals surface area contributed by atoms with Gasteiger partial charge >= 0.3 is 0 Å². The van der Waals surface area contributed by atoms with Crippen LogP contribution >= 0.6 is 0 Å². The molecule has 1 N–H and O–H groups in total. The van der Waals surface area contributed by atoms with Gasteiger partial charge in [-0.25, -0.2) is 9.97 Å². The lowest BCUT2D eigenvalue weighted by Gasteiger charge is -2.22. The van der Waals surface area contributed by atoms with Crippen molar-refractivity contribution in [3.63, 3.8) is 0 Å². The van der Waals surface area contributed by atoms with Crippen molar-refractivity contribution in [3.8, 4) is 0 Å². The van der Waals surface area contributed by atoms with Crippen molar-refractivity contribution in [1.82, 2.24) is 15.3 Å². The average molecular weight is 326 g/mol. The lowest BCUT2D eigenvalue weighted by molar-refractivity contribution is 0.0947. The van der Waals surface area contributed by atoms with Crippen LogP contribution in [0.25, 0.3) is 0 Å². The molecule has 0 atom stereocenters. The first-order chi connectivity index (χ1) is 11.5. The molecule has 0 saturated heterocycles. The summed E-state index contributed by atoms with van der Waals surface area (Å²) in [5.74, 6) is 1.13. The van der Waals surface area contributed by atoms with E-state index in [0.717, 1.165) is 24.5 Å². The zero-order valence-corrected chi connectivity index (χ0v) is 14.9. The standard InChI is InChI=1S/C19H26N4O/c1-5-23(16-8-6-7-15(4)11-16)18-12-17(21-13-22-18)19(24)20-10-9-14(2)3/h6-8,11-14H,5,9-10H2,1-4H3,(H,20,24). The highest BCUT2D eigenvalue weighted by Gasteiger charge is 2.13. The zero-order chi connectivity index (χ0) is 17.5. The number of aromatic nitrogens is 2. The summed E-state index contributed by atoms with van der Waals surface area (Å²) in [5, 5.41) is 2.92. The third kappa shape index (κ3) is 4.78. The van der Waals surface area contributed by atoms with E-state index in [2.05, 4.69) is 60.0 Å². The van der Waals surface area contributed by atoms with Crippen molar-refractivity contribution < 1.29 is 4.79 Å². The average Bonchev–Trinajstić information content (AvgIpc) is 2.55. The Morgan fingerprint density at radius 1 is 1.25 bits per heavy atom. The van der Waals surface area contributed by atoms with E-state index in [-0.39, 0.29) is 5.91 Å². The van der Waals surface area contributed by atoms with Gasteiger partial charge in [0.15, 0.2) is 0 Å². The number of benzene rings is 1. The van der Waals surface area contributed by atoms with Crippen LogP contribution in [0.2, 0.25) is 0 Å². The van der Waals surface area contributed by atoms with E-state index in [1.54, 1.807) is 6.07 Å². The van der Waals surface area contributed by atoms with Gasteiger partial charge in [-0.05, 0) is 43.9 Å². The van der Waals surface area contributed by atoms with Crippen LogP contribution in [0.5, 0.6) is 0 Å². The summed E-state index contributed by atoms with van der Waals surface area (Å²) in [5.41, 5.74) is 2.64. The number of hydrogen-bond acceptors (Lipinski definition) is 4. The molecule has 5 nitrogen and oxygen atoms in total. The first kappa shape index (κ1) is 17.9. The minimum atomic E-state index is -0.153. The number of carbonyl (C=O) groups is 1. The molecule has 1 aromatic heterocycles. The molecule has 24 heavy (non-hydrogen) atoms. The van der Waals surface area contributed by atoms with Crippen LogP contribution < -0.4 is 10.2 Å². The van der Waals surface area contributed by atoms with Gasteiger partial charge in [-0.1, -0.05) is 26.0 Å². The second kappa shape index (κ2) is 8.43. The molecule has 128 valence electrons. The Balaban J connectivity index is 2.17. The first-order valence-corrected chi connectivity index (χ1v) is 8.45. The van der Waals surface area contributed by atoms with Crippen LogP contribution in [0, 0.1) is 12.8 Å².